The van der Waals surface area contributed by atoms with Gasteiger partial charge in [-0.2, -0.15) is 0 Å². The molecule has 0 heterocycles. The smallest absolute Gasteiger partial charge is 0.147 e. The van der Waals surface area contributed by atoms with Crippen LogP contribution in [0.3, 0.4) is 0 Å². The first kappa shape index (κ1) is 33.6. The summed E-state index contributed by atoms with van der Waals surface area (Å²) in [4.78, 5) is 0. The third-order valence-electron chi connectivity index (χ3n) is 10.5. The second-order valence-electron chi connectivity index (χ2n) is 13.2. The van der Waals surface area contributed by atoms with Gasteiger partial charge in [0.1, 0.15) is 0 Å². The molecule has 7 rings (SSSR count). The van der Waals surface area contributed by atoms with Gasteiger partial charge in [0.15, 0.2) is 0 Å². The molecule has 4 heteroatoms. The number of hydrogen-bond donors (Lipinski definition) is 0. The van der Waals surface area contributed by atoms with Crippen LogP contribution in [0, 0.1) is 11.8 Å². The maximum atomic E-state index is 2.75. The number of hydrogen-bond acceptors (Lipinski definition) is 0. The van der Waals surface area contributed by atoms with Crippen molar-refractivity contribution in [3.05, 3.63) is 156 Å². The van der Waals surface area contributed by atoms with Crippen LogP contribution >= 0.6 is 24.8 Å². The van der Waals surface area contributed by atoms with E-state index < -0.39 is 17.1 Å². The average molecular weight is 812 g/mol. The predicted octanol–water partition coefficient (Wildman–Crippen LogP) is 10.8. The SMILES string of the molecule is CC1=[C]([Hf]([CH3])(=[SiH2])([C]2=C(C)C(c3cccc4ccccc34)=CC2C)[c]2ccccc2)C(C)C=C1c1cccc2ccccc12.Cl.Cl. The van der Waals surface area contributed by atoms with E-state index in [-0.39, 0.29) is 24.8 Å². The molecule has 0 nitrogen and oxygen atoms in total. The molecule has 228 valence electrons. The van der Waals surface area contributed by atoms with Crippen molar-refractivity contribution in [2.24, 2.45) is 11.8 Å². The molecular formula is C41H42Cl2HfSi. The Labute approximate surface area is 283 Å². The van der Waals surface area contributed by atoms with Crippen LogP contribution in [0.2, 0.25) is 4.68 Å². The van der Waals surface area contributed by atoms with Crippen molar-refractivity contribution >= 4 is 67.8 Å². The van der Waals surface area contributed by atoms with Crippen LogP contribution in [0.15, 0.2) is 145 Å². The van der Waals surface area contributed by atoms with E-state index in [1.807, 2.05) is 0 Å². The molecule has 45 heavy (non-hydrogen) atoms. The minimum Gasteiger partial charge on any atom is -0.147 e. The first-order valence-electron chi connectivity index (χ1n) is 15.6. The van der Waals surface area contributed by atoms with E-state index >= 15 is 0 Å². The summed E-state index contributed by atoms with van der Waals surface area (Å²) in [6.07, 6.45) is 5.16. The zero-order chi connectivity index (χ0) is 30.0. The molecule has 2 atom stereocenters. The molecule has 5 aromatic carbocycles. The Morgan fingerprint density at radius 1 is 0.511 bits per heavy atom. The molecule has 0 amide bonds. The van der Waals surface area contributed by atoms with Crippen molar-refractivity contribution in [3.63, 3.8) is 0 Å². The molecule has 0 spiro atoms. The van der Waals surface area contributed by atoms with Crippen LogP contribution < -0.4 is 3.32 Å². The van der Waals surface area contributed by atoms with Gasteiger partial charge in [-0.1, -0.05) is 0 Å². The van der Waals surface area contributed by atoms with E-state index in [1.165, 1.54) is 55.0 Å². The normalized spacial score (nSPS) is 18.5. The summed E-state index contributed by atoms with van der Waals surface area (Å²) in [5.74, 6) is 0.780. The fourth-order valence-electron chi connectivity index (χ4n) is 8.99. The van der Waals surface area contributed by atoms with Gasteiger partial charge in [0.25, 0.3) is 0 Å². The molecular weight excluding hydrogens is 770 g/mol. The van der Waals surface area contributed by atoms with Gasteiger partial charge < -0.3 is 0 Å². The van der Waals surface area contributed by atoms with Gasteiger partial charge in [-0.15, -0.1) is 24.8 Å². The van der Waals surface area contributed by atoms with Gasteiger partial charge in [0, 0.05) is 0 Å². The van der Waals surface area contributed by atoms with E-state index in [4.69, 9.17) is 0 Å². The Bertz CT molecular complexity index is 2010. The van der Waals surface area contributed by atoms with Crippen molar-refractivity contribution in [2.75, 3.05) is 0 Å². The summed E-state index contributed by atoms with van der Waals surface area (Å²) in [5.41, 5.74) is 8.61. The van der Waals surface area contributed by atoms with Crippen molar-refractivity contribution in [2.45, 2.75) is 32.4 Å². The maximum Gasteiger partial charge on any atom is -0.147 e. The third-order valence-corrected chi connectivity index (χ3v) is 43.4. The van der Waals surface area contributed by atoms with Gasteiger partial charge in [-0.25, -0.2) is 0 Å². The summed E-state index contributed by atoms with van der Waals surface area (Å²) in [6, 6.07) is 42.9. The molecule has 5 aromatic rings. The van der Waals surface area contributed by atoms with E-state index in [0.29, 0.717) is 11.8 Å². The number of benzene rings is 5. The van der Waals surface area contributed by atoms with Gasteiger partial charge in [0.2, 0.25) is 0 Å². The first-order valence-corrected chi connectivity index (χ1v) is 32.9. The van der Waals surface area contributed by atoms with E-state index in [1.54, 1.807) is 9.98 Å². The average Bonchev–Trinajstić information content (AvgIpc) is 3.51. The topological polar surface area (TPSA) is 0 Å². The second-order valence-corrected chi connectivity index (χ2v) is 48.1. The zero-order valence-electron chi connectivity index (χ0n) is 26.8. The minimum atomic E-state index is -4.27. The number of fused-ring (bicyclic) bond motifs is 2. The van der Waals surface area contributed by atoms with Crippen LogP contribution in [0.5, 0.6) is 0 Å². The molecule has 0 bridgehead atoms. The van der Waals surface area contributed by atoms with Crippen LogP contribution in [-0.4, -0.2) is 6.94 Å². The van der Waals surface area contributed by atoms with Crippen LogP contribution in [0.4, 0.5) is 0 Å². The third kappa shape index (κ3) is 5.13. The largest absolute Gasteiger partial charge is 0.147 e. The van der Waals surface area contributed by atoms with Crippen molar-refractivity contribution in [1.29, 1.82) is 0 Å². The van der Waals surface area contributed by atoms with Crippen molar-refractivity contribution in [3.8, 4) is 0 Å². The molecule has 2 unspecified atom stereocenters. The summed E-state index contributed by atoms with van der Waals surface area (Å²) in [6.45, 7) is 12.2. The molecule has 0 aromatic heterocycles. The van der Waals surface area contributed by atoms with Crippen molar-refractivity contribution in [1.82, 2.24) is 0 Å². The van der Waals surface area contributed by atoms with Crippen molar-refractivity contribution < 1.29 is 17.1 Å². The standard InChI is InChI=1S/2C17H15.C6H5.CH3.2ClH.Hf.H2Si/c2*1-12-10-13(2)17(11-12)16-9-5-7-14-6-3-4-8-15(14)16;1-2-4-6-5-3-1;;;;;/h2*3-9,11-12H,1-2H3;1-5H;1H3;2*1H;;1H2. The Hall–Kier alpha value is -2.75. The fraction of sp³-hybridized carbons (Fsp3) is 0.171. The van der Waals surface area contributed by atoms with Crippen LogP contribution in [0.25, 0.3) is 32.7 Å². The summed E-state index contributed by atoms with van der Waals surface area (Å²) in [5, 5.41) is 5.31. The van der Waals surface area contributed by atoms with E-state index in [2.05, 4.69) is 167 Å². The Kier molecular flexibility index (Phi) is 9.30. The Morgan fingerprint density at radius 3 is 1.33 bits per heavy atom. The molecule has 0 N–H and O–H groups in total. The minimum absolute atomic E-state index is 0. The number of allylic oxidation sites excluding steroid dienone is 8. The molecule has 0 saturated heterocycles. The Morgan fingerprint density at radius 2 is 0.889 bits per heavy atom. The summed E-state index contributed by atoms with van der Waals surface area (Å²) in [7, 11) is 0. The molecule has 0 radical (unpaired) electrons. The van der Waals surface area contributed by atoms with Gasteiger partial charge in [0.05, 0.1) is 0 Å². The molecule has 2 aliphatic rings. The molecule has 2 aliphatic carbocycles. The monoisotopic (exact) mass is 812 g/mol. The van der Waals surface area contributed by atoms with E-state index in [9.17, 15) is 0 Å². The maximum absolute atomic E-state index is 4.27. The van der Waals surface area contributed by atoms with Gasteiger partial charge >= 0.3 is 261 Å². The van der Waals surface area contributed by atoms with Crippen LogP contribution in [-0.2, 0) is 17.1 Å². The number of rotatable bonds is 5. The fourth-order valence-corrected chi connectivity index (χ4v) is 45.5. The summed E-state index contributed by atoms with van der Waals surface area (Å²) >= 11 is -4.27. The molecule has 0 aliphatic heterocycles. The first-order chi connectivity index (χ1) is 20.7. The van der Waals surface area contributed by atoms with Crippen LogP contribution in [0.1, 0.15) is 38.8 Å². The predicted molar refractivity (Wildman–Crippen MR) is 203 cm³/mol. The molecule has 0 saturated carbocycles. The zero-order valence-corrected chi connectivity index (χ0v) is 33.4. The second kappa shape index (κ2) is 12.5. The Balaban J connectivity index is 0.00000200. The number of halogens is 2. The summed E-state index contributed by atoms with van der Waals surface area (Å²) < 4.78 is 7.80. The van der Waals surface area contributed by atoms with E-state index in [0.717, 1.165) is 0 Å². The van der Waals surface area contributed by atoms with Gasteiger partial charge in [-0.05, 0) is 0 Å². The quantitative estimate of drug-likeness (QED) is 0.155. The van der Waals surface area contributed by atoms with Gasteiger partial charge in [-0.3, -0.25) is 0 Å². The molecule has 0 fully saturated rings.